The topological polar surface area (TPSA) is 24.9 Å². The first-order chi connectivity index (χ1) is 15.0. The first kappa shape index (κ1) is 20.5. The molecule has 31 heavy (non-hydrogen) atoms. The van der Waals surface area contributed by atoms with Crippen LogP contribution in [0.3, 0.4) is 0 Å². The molecule has 0 atom stereocenters. The average Bonchev–Trinajstić information content (AvgIpc) is 3.34. The molecule has 0 saturated carbocycles. The van der Waals surface area contributed by atoms with Crippen molar-refractivity contribution in [2.75, 3.05) is 5.32 Å². The number of thiazole rings is 1. The number of rotatable bonds is 3. The summed E-state index contributed by atoms with van der Waals surface area (Å²) >= 11 is 9.80. The Labute approximate surface area is 192 Å². The van der Waals surface area contributed by atoms with Gasteiger partial charge >= 0.3 is 0 Å². The average molecular weight is 471 g/mol. The van der Waals surface area contributed by atoms with Crippen LogP contribution in [-0.4, -0.2) is 4.98 Å². The standard InChI is InChI=1S/C24H17ClF2N2S2/c25-24-14(4-10-22-28-18-12-16(26)6-8-20(18)30-22)2-1-3-15(24)5-11-23-29-19-13-17(27)7-9-21(19)31-23/h4-13,28H,1-3H2/b11-5+,14-4+,22-10-. The summed E-state index contributed by atoms with van der Waals surface area (Å²) in [5, 5.41) is 5.77. The van der Waals surface area contributed by atoms with Crippen LogP contribution in [0.2, 0.25) is 0 Å². The second-order valence-corrected chi connectivity index (χ2v) is 9.80. The van der Waals surface area contributed by atoms with Crippen LogP contribution < -0.4 is 5.32 Å². The number of halogens is 3. The molecule has 0 spiro atoms. The molecule has 1 aliphatic carbocycles. The lowest BCUT2D eigenvalue weighted by Crippen LogP contribution is -1.98. The van der Waals surface area contributed by atoms with Crippen molar-refractivity contribution in [1.82, 2.24) is 4.98 Å². The molecule has 2 nitrogen and oxygen atoms in total. The molecular formula is C24H17ClF2N2S2. The van der Waals surface area contributed by atoms with Crippen LogP contribution in [0.5, 0.6) is 0 Å². The van der Waals surface area contributed by atoms with Crippen LogP contribution in [0, 0.1) is 11.6 Å². The van der Waals surface area contributed by atoms with E-state index in [-0.39, 0.29) is 11.6 Å². The summed E-state index contributed by atoms with van der Waals surface area (Å²) < 4.78 is 27.7. The minimum atomic E-state index is -0.279. The largest absolute Gasteiger partial charge is 0.349 e. The molecule has 2 aromatic carbocycles. The summed E-state index contributed by atoms with van der Waals surface area (Å²) in [6.07, 6.45) is 10.8. The van der Waals surface area contributed by atoms with Gasteiger partial charge in [-0.1, -0.05) is 35.5 Å². The maximum Gasteiger partial charge on any atom is 0.125 e. The Hall–Kier alpha value is -2.41. The van der Waals surface area contributed by atoms with E-state index in [2.05, 4.69) is 10.3 Å². The number of allylic oxidation sites excluding steroid dienone is 6. The minimum Gasteiger partial charge on any atom is -0.349 e. The van der Waals surface area contributed by atoms with Crippen molar-refractivity contribution >= 4 is 56.7 Å². The number of aromatic nitrogens is 1. The summed E-state index contributed by atoms with van der Waals surface area (Å²) in [6.45, 7) is 0. The predicted octanol–water partition coefficient (Wildman–Crippen LogP) is 8.25. The lowest BCUT2D eigenvalue weighted by Gasteiger charge is -2.16. The van der Waals surface area contributed by atoms with E-state index in [1.54, 1.807) is 23.9 Å². The van der Waals surface area contributed by atoms with Gasteiger partial charge in [-0.2, -0.15) is 0 Å². The fourth-order valence-corrected chi connectivity index (χ4v) is 5.64. The van der Waals surface area contributed by atoms with E-state index in [1.165, 1.54) is 35.6 Å². The number of fused-ring (bicyclic) bond motifs is 2. The third-order valence-corrected chi connectivity index (χ3v) is 7.63. The van der Waals surface area contributed by atoms with Crippen molar-refractivity contribution in [3.05, 3.63) is 92.5 Å². The van der Waals surface area contributed by atoms with Gasteiger partial charge in [0.25, 0.3) is 0 Å². The van der Waals surface area contributed by atoms with E-state index in [0.29, 0.717) is 5.52 Å². The number of nitrogens with one attached hydrogen (secondary N) is 1. The molecule has 0 radical (unpaired) electrons. The third kappa shape index (κ3) is 4.47. The Bertz CT molecular complexity index is 1300. The Morgan fingerprint density at radius 3 is 2.74 bits per heavy atom. The molecule has 1 aliphatic heterocycles. The molecule has 0 amide bonds. The van der Waals surface area contributed by atoms with Crippen LogP contribution in [-0.2, 0) is 0 Å². The summed E-state index contributed by atoms with van der Waals surface area (Å²) in [5.74, 6) is -0.530. The summed E-state index contributed by atoms with van der Waals surface area (Å²) in [5.41, 5.74) is 3.61. The highest BCUT2D eigenvalue weighted by atomic mass is 35.5. The molecule has 156 valence electrons. The zero-order valence-electron chi connectivity index (χ0n) is 16.3. The van der Waals surface area contributed by atoms with E-state index < -0.39 is 0 Å². The number of anilines is 1. The molecule has 2 aliphatic rings. The number of hydrogen-bond acceptors (Lipinski definition) is 4. The predicted molar refractivity (Wildman–Crippen MR) is 127 cm³/mol. The smallest absolute Gasteiger partial charge is 0.125 e. The number of thioether (sulfide) groups is 1. The van der Waals surface area contributed by atoms with Crippen LogP contribution in [0.25, 0.3) is 16.3 Å². The normalized spacial score (nSPS) is 19.1. The van der Waals surface area contributed by atoms with Gasteiger partial charge in [-0.05, 0) is 72.9 Å². The Kier molecular flexibility index (Phi) is 5.69. The van der Waals surface area contributed by atoms with Crippen molar-refractivity contribution in [1.29, 1.82) is 0 Å². The van der Waals surface area contributed by atoms with Gasteiger partial charge in [-0.3, -0.25) is 0 Å². The molecule has 1 aromatic heterocycles. The van der Waals surface area contributed by atoms with Gasteiger partial charge in [0.05, 0.1) is 20.9 Å². The highest BCUT2D eigenvalue weighted by Gasteiger charge is 2.17. The maximum atomic E-state index is 13.4. The first-order valence-electron chi connectivity index (χ1n) is 9.84. The van der Waals surface area contributed by atoms with Gasteiger partial charge in [0, 0.05) is 16.0 Å². The summed E-state index contributed by atoms with van der Waals surface area (Å²) in [4.78, 5) is 5.49. The van der Waals surface area contributed by atoms with Gasteiger partial charge in [0.2, 0.25) is 0 Å². The molecule has 0 fully saturated rings. The molecule has 7 heteroatoms. The van der Waals surface area contributed by atoms with Gasteiger partial charge in [0.15, 0.2) is 0 Å². The highest BCUT2D eigenvalue weighted by molar-refractivity contribution is 8.03. The van der Waals surface area contributed by atoms with Crippen molar-refractivity contribution in [3.63, 3.8) is 0 Å². The molecule has 2 heterocycles. The van der Waals surface area contributed by atoms with Crippen molar-refractivity contribution < 1.29 is 8.78 Å². The molecule has 3 aromatic rings. The van der Waals surface area contributed by atoms with E-state index >= 15 is 0 Å². The molecule has 0 bridgehead atoms. The van der Waals surface area contributed by atoms with Gasteiger partial charge in [-0.25, -0.2) is 13.8 Å². The SMILES string of the molecule is Fc1ccc2c(c1)N/C(=C/C=C1\CCCC(/C=C/c3nc4cc(F)ccc4s3)=C1Cl)S2. The van der Waals surface area contributed by atoms with Crippen molar-refractivity contribution in [2.24, 2.45) is 0 Å². The lowest BCUT2D eigenvalue weighted by atomic mass is 9.94. The van der Waals surface area contributed by atoms with Crippen molar-refractivity contribution in [3.8, 4) is 0 Å². The Morgan fingerprint density at radius 2 is 1.84 bits per heavy atom. The van der Waals surface area contributed by atoms with Crippen LogP contribution >= 0.6 is 34.7 Å². The summed E-state index contributed by atoms with van der Waals surface area (Å²) in [7, 11) is 0. The fourth-order valence-electron chi connectivity index (χ4n) is 3.59. The number of benzene rings is 2. The third-order valence-electron chi connectivity index (χ3n) is 5.10. The summed E-state index contributed by atoms with van der Waals surface area (Å²) in [6, 6.07) is 9.41. The Balaban J connectivity index is 1.35. The minimum absolute atomic E-state index is 0.251. The zero-order chi connectivity index (χ0) is 21.4. The number of hydrogen-bond donors (Lipinski definition) is 1. The van der Waals surface area contributed by atoms with Gasteiger partial charge < -0.3 is 5.32 Å². The molecular weight excluding hydrogens is 454 g/mol. The molecule has 0 unspecified atom stereocenters. The van der Waals surface area contributed by atoms with Crippen LogP contribution in [0.1, 0.15) is 24.3 Å². The number of nitrogens with zero attached hydrogens (tertiary/aromatic N) is 1. The van der Waals surface area contributed by atoms with E-state index in [9.17, 15) is 8.78 Å². The fraction of sp³-hybridized carbons (Fsp3) is 0.125. The van der Waals surface area contributed by atoms with Gasteiger partial charge in [0.1, 0.15) is 16.6 Å². The lowest BCUT2D eigenvalue weighted by molar-refractivity contribution is 0.627. The Morgan fingerprint density at radius 1 is 1.00 bits per heavy atom. The highest BCUT2D eigenvalue weighted by Crippen LogP contribution is 2.41. The monoisotopic (exact) mass is 470 g/mol. The van der Waals surface area contributed by atoms with Gasteiger partial charge in [-0.15, -0.1) is 11.3 Å². The van der Waals surface area contributed by atoms with E-state index in [1.807, 2.05) is 24.3 Å². The first-order valence-corrected chi connectivity index (χ1v) is 11.8. The van der Waals surface area contributed by atoms with Crippen molar-refractivity contribution in [2.45, 2.75) is 24.2 Å². The maximum absolute atomic E-state index is 13.4. The quantitative estimate of drug-likeness (QED) is 0.417. The van der Waals surface area contributed by atoms with Crippen LogP contribution in [0.15, 0.2) is 80.7 Å². The van der Waals surface area contributed by atoms with E-state index in [4.69, 9.17) is 11.6 Å². The van der Waals surface area contributed by atoms with E-state index in [0.717, 1.165) is 60.8 Å². The molecule has 5 rings (SSSR count). The zero-order valence-corrected chi connectivity index (χ0v) is 18.7. The second kappa shape index (κ2) is 8.61. The van der Waals surface area contributed by atoms with Crippen LogP contribution in [0.4, 0.5) is 14.5 Å². The molecule has 1 N–H and O–H groups in total. The second-order valence-electron chi connectivity index (χ2n) is 7.28. The molecule has 0 saturated heterocycles.